The van der Waals surface area contributed by atoms with Crippen LogP contribution in [0, 0.1) is 17.8 Å². The molecule has 2 N–H and O–H groups in total. The lowest BCUT2D eigenvalue weighted by molar-refractivity contribution is 0.229. The van der Waals surface area contributed by atoms with Crippen molar-refractivity contribution in [3.63, 3.8) is 0 Å². The van der Waals surface area contributed by atoms with Crippen molar-refractivity contribution < 1.29 is 0 Å². The van der Waals surface area contributed by atoms with E-state index in [4.69, 9.17) is 5.73 Å². The van der Waals surface area contributed by atoms with Crippen molar-refractivity contribution >= 4 is 0 Å². The molecule has 0 aromatic heterocycles. The fourth-order valence-corrected chi connectivity index (χ4v) is 5.21. The molecule has 0 radical (unpaired) electrons. The number of nitrogens with two attached hydrogens (primary N) is 1. The summed E-state index contributed by atoms with van der Waals surface area (Å²) in [5.41, 5.74) is 9.67. The Balaban J connectivity index is 1.72. The highest BCUT2D eigenvalue weighted by atomic mass is 14.6. The Kier molecular flexibility index (Phi) is 7.02. The van der Waals surface area contributed by atoms with Crippen LogP contribution < -0.4 is 5.73 Å². The van der Waals surface area contributed by atoms with E-state index in [-0.39, 0.29) is 0 Å². The molecule has 3 rings (SSSR count). The first-order valence-corrected chi connectivity index (χ1v) is 10.7. The molecule has 3 aliphatic carbocycles. The molecule has 2 atom stereocenters. The molecule has 2 saturated carbocycles. The van der Waals surface area contributed by atoms with E-state index in [1.807, 2.05) is 0 Å². The molecule has 138 valence electrons. The van der Waals surface area contributed by atoms with Gasteiger partial charge in [0, 0.05) is 12.1 Å². The summed E-state index contributed by atoms with van der Waals surface area (Å²) < 4.78 is 0. The SMILES string of the molecule is C=C1C=CC(C2CCCCC(C3CCCCCCC3)C2)=CC=C(N)C1. The zero-order chi connectivity index (χ0) is 17.5. The van der Waals surface area contributed by atoms with Crippen molar-refractivity contribution in [2.45, 2.75) is 83.5 Å². The van der Waals surface area contributed by atoms with Gasteiger partial charge in [-0.25, -0.2) is 0 Å². The van der Waals surface area contributed by atoms with Crippen molar-refractivity contribution in [3.8, 4) is 0 Å². The summed E-state index contributed by atoms with van der Waals surface area (Å²) in [5.74, 6) is 2.63. The summed E-state index contributed by atoms with van der Waals surface area (Å²) >= 11 is 0. The molecule has 25 heavy (non-hydrogen) atoms. The van der Waals surface area contributed by atoms with Crippen LogP contribution >= 0.6 is 0 Å². The van der Waals surface area contributed by atoms with Gasteiger partial charge in [-0.1, -0.05) is 89.0 Å². The lowest BCUT2D eigenvalue weighted by atomic mass is 9.75. The second-order valence-electron chi connectivity index (χ2n) is 8.66. The topological polar surface area (TPSA) is 26.0 Å². The third-order valence-electron chi connectivity index (χ3n) is 6.69. The Hall–Kier alpha value is -1.24. The van der Waals surface area contributed by atoms with Gasteiger partial charge in [-0.2, -0.15) is 0 Å². The molecule has 0 saturated heterocycles. The Bertz CT molecular complexity index is 528. The van der Waals surface area contributed by atoms with Crippen LogP contribution in [0.5, 0.6) is 0 Å². The molecule has 0 bridgehead atoms. The summed E-state index contributed by atoms with van der Waals surface area (Å²) in [6.45, 7) is 4.14. The lowest BCUT2D eigenvalue weighted by Gasteiger charge is -2.30. The van der Waals surface area contributed by atoms with Gasteiger partial charge in [-0.05, 0) is 47.8 Å². The molecule has 0 aliphatic heterocycles. The summed E-state index contributed by atoms with van der Waals surface area (Å²) in [6, 6.07) is 0. The van der Waals surface area contributed by atoms with Crippen LogP contribution in [-0.4, -0.2) is 0 Å². The second kappa shape index (κ2) is 9.46. The van der Waals surface area contributed by atoms with E-state index in [2.05, 4.69) is 30.9 Å². The minimum Gasteiger partial charge on any atom is -0.402 e. The van der Waals surface area contributed by atoms with Gasteiger partial charge in [0.25, 0.3) is 0 Å². The molecule has 1 heteroatoms. The standard InChI is InChI=1S/C24H37N/c1-19-13-14-21(15-16-24(25)17-19)23-12-8-7-11-22(18-23)20-9-5-3-2-4-6-10-20/h13-16,20,22-23H,1-12,17-18,25H2. The highest BCUT2D eigenvalue weighted by Crippen LogP contribution is 2.40. The van der Waals surface area contributed by atoms with E-state index >= 15 is 0 Å². The zero-order valence-corrected chi connectivity index (χ0v) is 16.0. The highest BCUT2D eigenvalue weighted by Gasteiger charge is 2.28. The summed E-state index contributed by atoms with van der Waals surface area (Å²) in [6.07, 6.45) is 27.1. The van der Waals surface area contributed by atoms with E-state index in [1.165, 1.54) is 82.6 Å². The Morgan fingerprint density at radius 2 is 1.40 bits per heavy atom. The fraction of sp³-hybridized carbons (Fsp3) is 0.667. The molecule has 3 aliphatic rings. The highest BCUT2D eigenvalue weighted by molar-refractivity contribution is 5.36. The van der Waals surface area contributed by atoms with Crippen LogP contribution in [0.3, 0.4) is 0 Å². The van der Waals surface area contributed by atoms with Gasteiger partial charge in [-0.15, -0.1) is 0 Å². The molecular formula is C24H37N. The average Bonchev–Trinajstić information content (AvgIpc) is 2.79. The van der Waals surface area contributed by atoms with E-state index in [9.17, 15) is 0 Å². The molecule has 2 fully saturated rings. The maximum absolute atomic E-state index is 6.12. The van der Waals surface area contributed by atoms with Crippen LogP contribution in [0.1, 0.15) is 83.5 Å². The monoisotopic (exact) mass is 339 g/mol. The minimum absolute atomic E-state index is 0.712. The Labute approximate surface area is 155 Å². The third kappa shape index (κ3) is 5.62. The Morgan fingerprint density at radius 3 is 2.20 bits per heavy atom. The van der Waals surface area contributed by atoms with Crippen molar-refractivity contribution in [3.05, 3.63) is 47.7 Å². The van der Waals surface area contributed by atoms with Crippen LogP contribution in [-0.2, 0) is 0 Å². The molecule has 1 nitrogen and oxygen atoms in total. The molecule has 0 aromatic carbocycles. The van der Waals surface area contributed by atoms with Gasteiger partial charge >= 0.3 is 0 Å². The van der Waals surface area contributed by atoms with E-state index in [0.29, 0.717) is 5.92 Å². The molecule has 0 aromatic rings. The fourth-order valence-electron chi connectivity index (χ4n) is 5.21. The predicted molar refractivity (Wildman–Crippen MR) is 109 cm³/mol. The van der Waals surface area contributed by atoms with Gasteiger partial charge in [0.2, 0.25) is 0 Å². The smallest absolute Gasteiger partial charge is 0.0125 e. The third-order valence-corrected chi connectivity index (χ3v) is 6.69. The average molecular weight is 340 g/mol. The van der Waals surface area contributed by atoms with Crippen molar-refractivity contribution in [1.29, 1.82) is 0 Å². The molecule has 0 heterocycles. The van der Waals surface area contributed by atoms with Gasteiger partial charge in [0.15, 0.2) is 0 Å². The van der Waals surface area contributed by atoms with Crippen molar-refractivity contribution in [2.75, 3.05) is 0 Å². The predicted octanol–water partition coefficient (Wildman–Crippen LogP) is 6.83. The van der Waals surface area contributed by atoms with Gasteiger partial charge < -0.3 is 5.73 Å². The van der Waals surface area contributed by atoms with Crippen molar-refractivity contribution in [1.82, 2.24) is 0 Å². The van der Waals surface area contributed by atoms with Crippen LogP contribution in [0.15, 0.2) is 47.7 Å². The number of allylic oxidation sites excluding steroid dienone is 6. The Morgan fingerprint density at radius 1 is 0.760 bits per heavy atom. The van der Waals surface area contributed by atoms with Crippen LogP contribution in [0.4, 0.5) is 0 Å². The minimum atomic E-state index is 0.712. The summed E-state index contributed by atoms with van der Waals surface area (Å²) in [4.78, 5) is 0. The second-order valence-corrected chi connectivity index (χ2v) is 8.66. The van der Waals surface area contributed by atoms with Crippen LogP contribution in [0.25, 0.3) is 0 Å². The van der Waals surface area contributed by atoms with Gasteiger partial charge in [0.1, 0.15) is 0 Å². The van der Waals surface area contributed by atoms with Crippen LogP contribution in [0.2, 0.25) is 0 Å². The molecule has 0 amide bonds. The number of hydrogen-bond donors (Lipinski definition) is 1. The number of rotatable bonds is 2. The normalized spacial score (nSPS) is 30.3. The first-order valence-electron chi connectivity index (χ1n) is 10.7. The van der Waals surface area contributed by atoms with E-state index in [1.54, 1.807) is 0 Å². The zero-order valence-electron chi connectivity index (χ0n) is 16.0. The lowest BCUT2D eigenvalue weighted by Crippen LogP contribution is -2.19. The largest absolute Gasteiger partial charge is 0.402 e. The maximum Gasteiger partial charge on any atom is 0.0125 e. The first kappa shape index (κ1) is 18.5. The molecular weight excluding hydrogens is 302 g/mol. The summed E-state index contributed by atoms with van der Waals surface area (Å²) in [7, 11) is 0. The van der Waals surface area contributed by atoms with Gasteiger partial charge in [-0.3, -0.25) is 0 Å². The summed E-state index contributed by atoms with van der Waals surface area (Å²) in [5, 5.41) is 0. The molecule has 0 spiro atoms. The first-order chi connectivity index (χ1) is 12.2. The van der Waals surface area contributed by atoms with E-state index < -0.39 is 0 Å². The number of hydrogen-bond acceptors (Lipinski definition) is 1. The molecule has 2 unspecified atom stereocenters. The quantitative estimate of drug-likeness (QED) is 0.548. The maximum atomic E-state index is 6.12. The van der Waals surface area contributed by atoms with Crippen molar-refractivity contribution in [2.24, 2.45) is 23.5 Å². The van der Waals surface area contributed by atoms with E-state index in [0.717, 1.165) is 29.5 Å². The van der Waals surface area contributed by atoms with Gasteiger partial charge in [0.05, 0.1) is 0 Å².